The van der Waals surface area contributed by atoms with E-state index in [1.54, 1.807) is 23.1 Å². The van der Waals surface area contributed by atoms with Crippen LogP contribution in [0, 0.1) is 0 Å². The number of nitrogens with zero attached hydrogens (tertiary/aromatic N) is 2. The normalized spacial score (nSPS) is 10.5. The maximum Gasteiger partial charge on any atom is 0.360 e. The van der Waals surface area contributed by atoms with Gasteiger partial charge in [-0.2, -0.15) is 0 Å². The summed E-state index contributed by atoms with van der Waals surface area (Å²) < 4.78 is 9.89. The first-order valence-electron chi connectivity index (χ1n) is 8.48. The molecule has 0 atom stereocenters. The van der Waals surface area contributed by atoms with Crippen LogP contribution in [0.1, 0.15) is 42.6 Å². The van der Waals surface area contributed by atoms with E-state index in [1.165, 1.54) is 13.4 Å². The van der Waals surface area contributed by atoms with E-state index in [0.29, 0.717) is 22.3 Å². The second-order valence-corrected chi connectivity index (χ2v) is 6.64. The number of oxazole rings is 1. The van der Waals surface area contributed by atoms with Crippen LogP contribution in [0.15, 0.2) is 28.9 Å². The number of ether oxygens (including phenoxy) is 1. The van der Waals surface area contributed by atoms with E-state index in [2.05, 4.69) is 22.0 Å². The Morgan fingerprint density at radius 2 is 2.07 bits per heavy atom. The molecule has 0 radical (unpaired) electrons. The summed E-state index contributed by atoms with van der Waals surface area (Å²) in [7, 11) is 1.26. The summed E-state index contributed by atoms with van der Waals surface area (Å²) in [6.45, 7) is 2.69. The molecule has 1 heterocycles. The minimum absolute atomic E-state index is 0.0576. The highest BCUT2D eigenvalue weighted by atomic mass is 35.5. The van der Waals surface area contributed by atoms with Crippen LogP contribution in [0.3, 0.4) is 0 Å². The number of urea groups is 1. The van der Waals surface area contributed by atoms with Crippen LogP contribution in [-0.4, -0.2) is 35.5 Å². The molecule has 7 nitrogen and oxygen atoms in total. The van der Waals surface area contributed by atoms with Crippen molar-refractivity contribution in [3.8, 4) is 0 Å². The molecule has 1 aromatic carbocycles. The molecular formula is C18H21Cl2N3O4. The van der Waals surface area contributed by atoms with Gasteiger partial charge in [0.1, 0.15) is 6.26 Å². The van der Waals surface area contributed by atoms with E-state index in [0.717, 1.165) is 19.3 Å². The molecule has 0 saturated heterocycles. The molecule has 2 rings (SSSR count). The van der Waals surface area contributed by atoms with Gasteiger partial charge >= 0.3 is 12.0 Å². The van der Waals surface area contributed by atoms with Crippen molar-refractivity contribution in [1.29, 1.82) is 0 Å². The lowest BCUT2D eigenvalue weighted by molar-refractivity contribution is 0.0594. The number of unbranched alkanes of at least 4 members (excludes halogenated alkanes) is 2. The van der Waals surface area contributed by atoms with Crippen LogP contribution in [0.5, 0.6) is 0 Å². The molecule has 27 heavy (non-hydrogen) atoms. The molecule has 0 aliphatic heterocycles. The Hall–Kier alpha value is -2.25. The highest BCUT2D eigenvalue weighted by molar-refractivity contribution is 6.36. The van der Waals surface area contributed by atoms with Gasteiger partial charge in [-0.15, -0.1) is 0 Å². The van der Waals surface area contributed by atoms with Crippen molar-refractivity contribution in [2.45, 2.75) is 32.7 Å². The summed E-state index contributed by atoms with van der Waals surface area (Å²) in [6.07, 6.45) is 4.02. The SMILES string of the molecule is CCCCCN(Cc1nc(C(=O)OC)co1)C(=O)Nc1ccc(Cl)cc1Cl. The first-order valence-corrected chi connectivity index (χ1v) is 9.23. The Balaban J connectivity index is 2.11. The van der Waals surface area contributed by atoms with Gasteiger partial charge in [0.05, 0.1) is 24.4 Å². The van der Waals surface area contributed by atoms with Gasteiger partial charge in [-0.25, -0.2) is 14.6 Å². The Morgan fingerprint density at radius 3 is 2.74 bits per heavy atom. The molecule has 0 bridgehead atoms. The van der Waals surface area contributed by atoms with Crippen LogP contribution >= 0.6 is 23.2 Å². The molecule has 0 saturated carbocycles. The predicted octanol–water partition coefficient (Wildman–Crippen LogP) is 4.99. The van der Waals surface area contributed by atoms with Gasteiger partial charge in [0, 0.05) is 11.6 Å². The Kier molecular flexibility index (Phi) is 7.94. The predicted molar refractivity (Wildman–Crippen MR) is 103 cm³/mol. The third-order valence-corrected chi connectivity index (χ3v) is 4.31. The summed E-state index contributed by atoms with van der Waals surface area (Å²) in [5, 5.41) is 3.58. The number of aromatic nitrogens is 1. The zero-order valence-electron chi connectivity index (χ0n) is 15.1. The van der Waals surface area contributed by atoms with Crippen LogP contribution < -0.4 is 5.32 Å². The standard InChI is InChI=1S/C18H21Cl2N3O4/c1-3-4-5-8-23(10-16-21-15(11-27-16)17(24)26-2)18(25)22-14-7-6-12(19)9-13(14)20/h6-7,9,11H,3-5,8,10H2,1-2H3,(H,22,25). The molecule has 1 N–H and O–H groups in total. The van der Waals surface area contributed by atoms with Crippen molar-refractivity contribution >= 4 is 40.9 Å². The number of methoxy groups -OCH3 is 1. The highest BCUT2D eigenvalue weighted by Crippen LogP contribution is 2.25. The monoisotopic (exact) mass is 413 g/mol. The second-order valence-electron chi connectivity index (χ2n) is 5.80. The minimum atomic E-state index is -0.597. The number of amides is 2. The van der Waals surface area contributed by atoms with E-state index < -0.39 is 5.97 Å². The van der Waals surface area contributed by atoms with Gasteiger partial charge in [-0.3, -0.25) is 0 Å². The molecular weight excluding hydrogens is 393 g/mol. The summed E-state index contributed by atoms with van der Waals surface area (Å²) in [4.78, 5) is 29.8. The number of hydrogen-bond donors (Lipinski definition) is 1. The zero-order chi connectivity index (χ0) is 19.8. The summed E-state index contributed by atoms with van der Waals surface area (Å²) in [5.74, 6) is -0.357. The van der Waals surface area contributed by atoms with Crippen molar-refractivity contribution in [2.75, 3.05) is 19.0 Å². The molecule has 9 heteroatoms. The number of carbonyl (C=O) groups excluding carboxylic acids is 2. The van der Waals surface area contributed by atoms with Gasteiger partial charge in [-0.05, 0) is 24.6 Å². The molecule has 1 aromatic heterocycles. The molecule has 0 aliphatic carbocycles. The summed E-state index contributed by atoms with van der Waals surface area (Å²) in [6, 6.07) is 4.47. The van der Waals surface area contributed by atoms with Gasteiger partial charge in [0.15, 0.2) is 5.69 Å². The van der Waals surface area contributed by atoms with E-state index in [9.17, 15) is 9.59 Å². The zero-order valence-corrected chi connectivity index (χ0v) is 16.6. The topological polar surface area (TPSA) is 84.7 Å². The van der Waals surface area contributed by atoms with Crippen LogP contribution in [0.4, 0.5) is 10.5 Å². The van der Waals surface area contributed by atoms with E-state index in [-0.39, 0.29) is 24.2 Å². The fraction of sp³-hybridized carbons (Fsp3) is 0.389. The molecule has 0 spiro atoms. The van der Waals surface area contributed by atoms with Crippen LogP contribution in [0.25, 0.3) is 0 Å². The maximum atomic E-state index is 12.7. The average molecular weight is 414 g/mol. The van der Waals surface area contributed by atoms with Crippen molar-refractivity contribution in [1.82, 2.24) is 9.88 Å². The average Bonchev–Trinajstić information content (AvgIpc) is 3.11. The molecule has 2 aromatic rings. The van der Waals surface area contributed by atoms with Crippen LogP contribution in [0.2, 0.25) is 10.0 Å². The number of halogens is 2. The summed E-state index contributed by atoms with van der Waals surface area (Å²) >= 11 is 12.0. The number of nitrogens with one attached hydrogen (secondary N) is 1. The number of benzene rings is 1. The number of hydrogen-bond acceptors (Lipinski definition) is 5. The third-order valence-electron chi connectivity index (χ3n) is 3.76. The Bertz CT molecular complexity index is 795. The number of rotatable bonds is 8. The van der Waals surface area contributed by atoms with Crippen molar-refractivity contribution < 1.29 is 18.7 Å². The lowest BCUT2D eigenvalue weighted by Crippen LogP contribution is -2.35. The van der Waals surface area contributed by atoms with Gasteiger partial charge in [-0.1, -0.05) is 43.0 Å². The first kappa shape index (κ1) is 21.1. The maximum absolute atomic E-state index is 12.7. The quantitative estimate of drug-likeness (QED) is 0.486. The van der Waals surface area contributed by atoms with Gasteiger partial charge in [0.2, 0.25) is 5.89 Å². The van der Waals surface area contributed by atoms with E-state index >= 15 is 0 Å². The smallest absolute Gasteiger partial charge is 0.360 e. The largest absolute Gasteiger partial charge is 0.464 e. The van der Waals surface area contributed by atoms with E-state index in [4.69, 9.17) is 27.6 Å². The van der Waals surface area contributed by atoms with E-state index in [1.807, 2.05) is 0 Å². The van der Waals surface area contributed by atoms with Gasteiger partial charge < -0.3 is 19.4 Å². The molecule has 0 unspecified atom stereocenters. The number of esters is 1. The summed E-state index contributed by atoms with van der Waals surface area (Å²) in [5.41, 5.74) is 0.511. The fourth-order valence-electron chi connectivity index (χ4n) is 2.34. The van der Waals surface area contributed by atoms with Crippen molar-refractivity contribution in [2.24, 2.45) is 0 Å². The fourth-order valence-corrected chi connectivity index (χ4v) is 2.79. The number of carbonyl (C=O) groups is 2. The molecule has 146 valence electrons. The minimum Gasteiger partial charge on any atom is -0.464 e. The van der Waals surface area contributed by atoms with Crippen LogP contribution in [-0.2, 0) is 11.3 Å². The third kappa shape index (κ3) is 6.15. The number of anilines is 1. The van der Waals surface area contributed by atoms with Gasteiger partial charge in [0.25, 0.3) is 0 Å². The molecule has 0 fully saturated rings. The van der Waals surface area contributed by atoms with Crippen molar-refractivity contribution in [3.63, 3.8) is 0 Å². The lowest BCUT2D eigenvalue weighted by Gasteiger charge is -2.22. The highest BCUT2D eigenvalue weighted by Gasteiger charge is 2.19. The Labute approximate surface area is 167 Å². The Morgan fingerprint density at radius 1 is 1.30 bits per heavy atom. The molecule has 2 amide bonds. The first-order chi connectivity index (χ1) is 12.9. The lowest BCUT2D eigenvalue weighted by atomic mass is 10.2. The van der Waals surface area contributed by atoms with Crippen molar-refractivity contribution in [3.05, 3.63) is 46.1 Å². The second kappa shape index (κ2) is 10.2. The molecule has 0 aliphatic rings.